The van der Waals surface area contributed by atoms with Crippen molar-refractivity contribution in [3.63, 3.8) is 0 Å². The van der Waals surface area contributed by atoms with E-state index in [0.717, 1.165) is 11.3 Å². The van der Waals surface area contributed by atoms with Gasteiger partial charge in [0.05, 0.1) is 32.1 Å². The first-order valence-corrected chi connectivity index (χ1v) is 9.97. The van der Waals surface area contributed by atoms with Gasteiger partial charge in [0.15, 0.2) is 11.5 Å². The van der Waals surface area contributed by atoms with Crippen LogP contribution in [0.25, 0.3) is 34.1 Å². The highest BCUT2D eigenvalue weighted by molar-refractivity contribution is 6.30. The first kappa shape index (κ1) is 20.7. The number of benzene rings is 2. The molecule has 2 aromatic carbocycles. The Kier molecular flexibility index (Phi) is 6.04. The van der Waals surface area contributed by atoms with E-state index in [1.807, 2.05) is 49.4 Å². The molecule has 2 aromatic heterocycles. The summed E-state index contributed by atoms with van der Waals surface area (Å²) in [4.78, 5) is 9.17. The van der Waals surface area contributed by atoms with E-state index in [9.17, 15) is 0 Å². The van der Waals surface area contributed by atoms with Gasteiger partial charge in [-0.15, -0.1) is 0 Å². The Bertz CT molecular complexity index is 1190. The molecule has 0 atom stereocenters. The van der Waals surface area contributed by atoms with Gasteiger partial charge in [0.2, 0.25) is 11.7 Å². The molecule has 4 aromatic rings. The second kappa shape index (κ2) is 9.06. The third-order valence-electron chi connectivity index (χ3n) is 4.58. The maximum Gasteiger partial charge on any atom is 0.258 e. The number of ether oxygens (including phenoxy) is 3. The standard InChI is InChI=1S/C23H20ClN3O4/c1-4-30-23-17(10-11-18(25-23)14-5-8-16(24)9-6-14)21-26-22(31-27-21)15-7-12-19(28-2)20(13-15)29-3/h5-13H,4H2,1-3H3. The third kappa shape index (κ3) is 4.32. The lowest BCUT2D eigenvalue weighted by Gasteiger charge is -2.09. The zero-order chi connectivity index (χ0) is 21.8. The molecule has 2 heterocycles. The van der Waals surface area contributed by atoms with Gasteiger partial charge in [0.25, 0.3) is 5.89 Å². The van der Waals surface area contributed by atoms with Crippen molar-refractivity contribution < 1.29 is 18.7 Å². The average molecular weight is 438 g/mol. The van der Waals surface area contributed by atoms with Gasteiger partial charge >= 0.3 is 0 Å². The van der Waals surface area contributed by atoms with Gasteiger partial charge in [-0.2, -0.15) is 4.98 Å². The normalized spacial score (nSPS) is 10.7. The van der Waals surface area contributed by atoms with Gasteiger partial charge in [-0.05, 0) is 49.4 Å². The number of aromatic nitrogens is 3. The van der Waals surface area contributed by atoms with Gasteiger partial charge in [0, 0.05) is 16.1 Å². The van der Waals surface area contributed by atoms with Crippen LogP contribution in [0.3, 0.4) is 0 Å². The van der Waals surface area contributed by atoms with E-state index in [1.165, 1.54) is 0 Å². The van der Waals surface area contributed by atoms with Crippen LogP contribution >= 0.6 is 11.6 Å². The van der Waals surface area contributed by atoms with Crippen molar-refractivity contribution in [3.05, 3.63) is 59.6 Å². The largest absolute Gasteiger partial charge is 0.493 e. The SMILES string of the molecule is CCOc1nc(-c2ccc(Cl)cc2)ccc1-c1noc(-c2ccc(OC)c(OC)c2)n1. The number of hydrogen-bond acceptors (Lipinski definition) is 7. The Morgan fingerprint density at radius 2 is 1.61 bits per heavy atom. The minimum atomic E-state index is 0.347. The minimum absolute atomic E-state index is 0.347. The fourth-order valence-corrected chi connectivity index (χ4v) is 3.18. The molecule has 0 spiro atoms. The zero-order valence-corrected chi connectivity index (χ0v) is 18.0. The van der Waals surface area contributed by atoms with Crippen molar-refractivity contribution in [1.82, 2.24) is 15.1 Å². The van der Waals surface area contributed by atoms with E-state index < -0.39 is 0 Å². The number of hydrogen-bond donors (Lipinski definition) is 0. The maximum absolute atomic E-state index is 5.99. The summed E-state index contributed by atoms with van der Waals surface area (Å²) in [5, 5.41) is 4.79. The summed E-state index contributed by atoms with van der Waals surface area (Å²) in [5.74, 6) is 2.34. The van der Waals surface area contributed by atoms with E-state index in [1.54, 1.807) is 26.4 Å². The van der Waals surface area contributed by atoms with E-state index >= 15 is 0 Å². The predicted octanol–water partition coefficient (Wildman–Crippen LogP) is 5.53. The molecule has 0 fully saturated rings. The molecular formula is C23H20ClN3O4. The predicted molar refractivity (Wildman–Crippen MR) is 118 cm³/mol. The second-order valence-corrected chi connectivity index (χ2v) is 6.92. The fraction of sp³-hybridized carbons (Fsp3) is 0.174. The van der Waals surface area contributed by atoms with E-state index in [-0.39, 0.29) is 0 Å². The number of nitrogens with zero attached hydrogens (tertiary/aromatic N) is 3. The van der Waals surface area contributed by atoms with Crippen molar-refractivity contribution in [1.29, 1.82) is 0 Å². The molecule has 0 amide bonds. The maximum atomic E-state index is 5.99. The monoisotopic (exact) mass is 437 g/mol. The molecule has 0 unspecified atom stereocenters. The van der Waals surface area contributed by atoms with Crippen molar-refractivity contribution in [3.8, 4) is 51.5 Å². The van der Waals surface area contributed by atoms with Crippen LogP contribution in [-0.2, 0) is 0 Å². The van der Waals surface area contributed by atoms with Gasteiger partial charge in [-0.3, -0.25) is 0 Å². The van der Waals surface area contributed by atoms with Crippen LogP contribution in [-0.4, -0.2) is 36.0 Å². The summed E-state index contributed by atoms with van der Waals surface area (Å²) >= 11 is 5.99. The molecular weight excluding hydrogens is 418 g/mol. The summed E-state index contributed by atoms with van der Waals surface area (Å²) in [6, 6.07) is 16.6. The highest BCUT2D eigenvalue weighted by Gasteiger charge is 2.18. The Morgan fingerprint density at radius 1 is 0.871 bits per heavy atom. The lowest BCUT2D eigenvalue weighted by Crippen LogP contribution is -1.99. The van der Waals surface area contributed by atoms with Gasteiger partial charge in [0.1, 0.15) is 0 Å². The van der Waals surface area contributed by atoms with Crippen molar-refractivity contribution in [2.75, 3.05) is 20.8 Å². The first-order chi connectivity index (χ1) is 15.1. The van der Waals surface area contributed by atoms with Crippen LogP contribution in [0.5, 0.6) is 17.4 Å². The highest BCUT2D eigenvalue weighted by Crippen LogP contribution is 2.34. The Balaban J connectivity index is 1.70. The molecule has 4 rings (SSSR count). The molecule has 7 nitrogen and oxygen atoms in total. The molecule has 0 aliphatic rings. The number of methoxy groups -OCH3 is 2. The number of pyridine rings is 1. The summed E-state index contributed by atoms with van der Waals surface area (Å²) in [6.45, 7) is 2.34. The molecule has 158 valence electrons. The van der Waals surface area contributed by atoms with Crippen LogP contribution in [0.1, 0.15) is 6.92 Å². The zero-order valence-electron chi connectivity index (χ0n) is 17.3. The summed E-state index contributed by atoms with van der Waals surface area (Å²) in [5.41, 5.74) is 3.03. The quantitative estimate of drug-likeness (QED) is 0.375. The first-order valence-electron chi connectivity index (χ1n) is 9.59. The van der Waals surface area contributed by atoms with Gasteiger partial charge < -0.3 is 18.7 Å². The molecule has 0 bridgehead atoms. The topological polar surface area (TPSA) is 79.5 Å². The number of rotatable bonds is 7. The van der Waals surface area contributed by atoms with Crippen LogP contribution in [0, 0.1) is 0 Å². The fourth-order valence-electron chi connectivity index (χ4n) is 3.06. The average Bonchev–Trinajstić information content (AvgIpc) is 3.29. The third-order valence-corrected chi connectivity index (χ3v) is 4.83. The molecule has 0 radical (unpaired) electrons. The Hall–Kier alpha value is -3.58. The minimum Gasteiger partial charge on any atom is -0.493 e. The molecule has 0 saturated carbocycles. The Labute approximate surface area is 184 Å². The summed E-state index contributed by atoms with van der Waals surface area (Å²) in [7, 11) is 3.15. The lowest BCUT2D eigenvalue weighted by molar-refractivity contribution is 0.328. The summed E-state index contributed by atoms with van der Waals surface area (Å²) in [6.07, 6.45) is 0. The molecule has 8 heteroatoms. The van der Waals surface area contributed by atoms with E-state index in [0.29, 0.717) is 51.9 Å². The molecule has 31 heavy (non-hydrogen) atoms. The molecule has 0 aliphatic heterocycles. The lowest BCUT2D eigenvalue weighted by atomic mass is 10.1. The molecule has 0 N–H and O–H groups in total. The molecule has 0 saturated heterocycles. The van der Waals surface area contributed by atoms with Gasteiger partial charge in [-0.25, -0.2) is 4.98 Å². The smallest absolute Gasteiger partial charge is 0.258 e. The van der Waals surface area contributed by atoms with E-state index in [2.05, 4.69) is 15.1 Å². The van der Waals surface area contributed by atoms with Crippen LogP contribution in [0.2, 0.25) is 5.02 Å². The highest BCUT2D eigenvalue weighted by atomic mass is 35.5. The van der Waals surface area contributed by atoms with Gasteiger partial charge in [-0.1, -0.05) is 28.9 Å². The molecule has 0 aliphatic carbocycles. The van der Waals surface area contributed by atoms with E-state index in [4.69, 9.17) is 30.3 Å². The number of halogens is 1. The Morgan fingerprint density at radius 3 is 2.32 bits per heavy atom. The second-order valence-electron chi connectivity index (χ2n) is 6.48. The van der Waals surface area contributed by atoms with Crippen LogP contribution in [0.15, 0.2) is 59.1 Å². The van der Waals surface area contributed by atoms with Crippen LogP contribution < -0.4 is 14.2 Å². The van der Waals surface area contributed by atoms with Crippen LogP contribution in [0.4, 0.5) is 0 Å². The van der Waals surface area contributed by atoms with Crippen molar-refractivity contribution in [2.45, 2.75) is 6.92 Å². The summed E-state index contributed by atoms with van der Waals surface area (Å²) < 4.78 is 21.9. The van der Waals surface area contributed by atoms with Crippen molar-refractivity contribution in [2.24, 2.45) is 0 Å². The van der Waals surface area contributed by atoms with Crippen molar-refractivity contribution >= 4 is 11.6 Å².